The van der Waals surface area contributed by atoms with Crippen LogP contribution in [0.1, 0.15) is 21.5 Å². The van der Waals surface area contributed by atoms with Crippen molar-refractivity contribution in [1.29, 1.82) is 10.5 Å². The van der Waals surface area contributed by atoms with E-state index in [2.05, 4.69) is 4.98 Å². The number of ether oxygens (including phenoxy) is 1. The Kier molecular flexibility index (Phi) is 4.01. The summed E-state index contributed by atoms with van der Waals surface area (Å²) in [4.78, 5) is 25.6. The van der Waals surface area contributed by atoms with Crippen LogP contribution in [-0.4, -0.2) is 23.2 Å². The van der Waals surface area contributed by atoms with Gasteiger partial charge in [-0.3, -0.25) is 4.79 Å². The molecule has 8 nitrogen and oxygen atoms in total. The Morgan fingerprint density at radius 2 is 1.96 bits per heavy atom. The van der Waals surface area contributed by atoms with Crippen LogP contribution >= 0.6 is 0 Å². The molecule has 8 heteroatoms. The molecule has 4 N–H and O–H groups in total. The highest BCUT2D eigenvalue weighted by Crippen LogP contribution is 2.32. The first kappa shape index (κ1) is 15.6. The van der Waals surface area contributed by atoms with Crippen molar-refractivity contribution in [2.75, 3.05) is 12.8 Å². The van der Waals surface area contributed by atoms with Crippen LogP contribution in [-0.2, 0) is 0 Å². The Bertz CT molecular complexity index is 948. The largest absolute Gasteiger partial charge is 0.497 e. The highest BCUT2D eigenvalue weighted by atomic mass is 16.5. The highest BCUT2D eigenvalue weighted by molar-refractivity contribution is 5.99. The molecule has 0 amide bonds. The average molecular weight is 310 g/mol. The van der Waals surface area contributed by atoms with Gasteiger partial charge in [0.05, 0.1) is 12.7 Å². The molecular weight excluding hydrogens is 300 g/mol. The number of nitrogens with zero attached hydrogens (tertiary/aromatic N) is 2. The van der Waals surface area contributed by atoms with Crippen molar-refractivity contribution in [3.8, 4) is 29.0 Å². The molecule has 0 radical (unpaired) electrons. The lowest BCUT2D eigenvalue weighted by atomic mass is 9.92. The zero-order valence-electron chi connectivity index (χ0n) is 11.9. The summed E-state index contributed by atoms with van der Waals surface area (Å²) in [5.41, 5.74) is 3.96. The normalized spacial score (nSPS) is 9.70. The van der Waals surface area contributed by atoms with E-state index >= 15 is 0 Å². The van der Waals surface area contributed by atoms with Gasteiger partial charge in [-0.25, -0.2) is 4.79 Å². The van der Waals surface area contributed by atoms with Gasteiger partial charge in [-0.05, 0) is 23.8 Å². The van der Waals surface area contributed by atoms with Crippen LogP contribution in [0.3, 0.4) is 0 Å². The Morgan fingerprint density at radius 3 is 2.48 bits per heavy atom. The van der Waals surface area contributed by atoms with E-state index in [1.54, 1.807) is 12.1 Å². The fourth-order valence-corrected chi connectivity index (χ4v) is 2.16. The average Bonchev–Trinajstić information content (AvgIpc) is 2.53. The van der Waals surface area contributed by atoms with E-state index in [9.17, 15) is 25.2 Å². The summed E-state index contributed by atoms with van der Waals surface area (Å²) in [5.74, 6) is -1.26. The summed E-state index contributed by atoms with van der Waals surface area (Å²) in [7, 11) is 1.37. The first-order valence-electron chi connectivity index (χ1n) is 6.22. The summed E-state index contributed by atoms with van der Waals surface area (Å²) in [6, 6.07) is 7.53. The zero-order valence-corrected chi connectivity index (χ0v) is 11.9. The van der Waals surface area contributed by atoms with E-state index < -0.39 is 11.5 Å². The predicted octanol–water partition coefficient (Wildman–Crippen LogP) is 1.07. The lowest BCUT2D eigenvalue weighted by Gasteiger charge is -2.12. The Hall–Kier alpha value is -3.78. The van der Waals surface area contributed by atoms with Gasteiger partial charge in [0.2, 0.25) is 0 Å². The van der Waals surface area contributed by atoms with Gasteiger partial charge in [0, 0.05) is 5.56 Å². The molecule has 0 bridgehead atoms. The second kappa shape index (κ2) is 5.92. The van der Waals surface area contributed by atoms with E-state index in [1.807, 2.05) is 0 Å². The van der Waals surface area contributed by atoms with Gasteiger partial charge < -0.3 is 20.6 Å². The van der Waals surface area contributed by atoms with Crippen LogP contribution in [0.25, 0.3) is 11.1 Å². The number of anilines is 1. The smallest absolute Gasteiger partial charge is 0.336 e. The molecule has 1 aromatic heterocycles. The van der Waals surface area contributed by atoms with Gasteiger partial charge in [0.1, 0.15) is 34.8 Å². The third kappa shape index (κ3) is 2.57. The fourth-order valence-electron chi connectivity index (χ4n) is 2.16. The topological polar surface area (TPSA) is 153 Å². The molecule has 1 heterocycles. The summed E-state index contributed by atoms with van der Waals surface area (Å²) in [6.07, 6.45) is 0. The molecule has 0 aliphatic rings. The van der Waals surface area contributed by atoms with Crippen molar-refractivity contribution in [2.45, 2.75) is 0 Å². The summed E-state index contributed by atoms with van der Waals surface area (Å²) in [6.45, 7) is 0. The lowest BCUT2D eigenvalue weighted by molar-refractivity contribution is 0.0697. The van der Waals surface area contributed by atoms with Gasteiger partial charge in [0.15, 0.2) is 0 Å². The number of nitrogens with one attached hydrogen (secondary N) is 1. The Morgan fingerprint density at radius 1 is 1.30 bits per heavy atom. The molecule has 23 heavy (non-hydrogen) atoms. The van der Waals surface area contributed by atoms with Crippen LogP contribution in [0.2, 0.25) is 0 Å². The van der Waals surface area contributed by atoms with Crippen LogP contribution < -0.4 is 16.0 Å². The predicted molar refractivity (Wildman–Crippen MR) is 79.9 cm³/mol. The van der Waals surface area contributed by atoms with E-state index in [1.165, 1.54) is 25.3 Å². The molecule has 114 valence electrons. The summed E-state index contributed by atoms with van der Waals surface area (Å²) in [5, 5.41) is 27.9. The summed E-state index contributed by atoms with van der Waals surface area (Å²) >= 11 is 0. The third-order valence-corrected chi connectivity index (χ3v) is 3.19. The third-order valence-electron chi connectivity index (χ3n) is 3.19. The zero-order chi connectivity index (χ0) is 17.1. The number of aromatic carboxylic acids is 1. The van der Waals surface area contributed by atoms with Gasteiger partial charge in [-0.2, -0.15) is 10.5 Å². The van der Waals surface area contributed by atoms with Crippen molar-refractivity contribution in [3.63, 3.8) is 0 Å². The molecule has 0 aliphatic heterocycles. The molecule has 1 aromatic carbocycles. The minimum Gasteiger partial charge on any atom is -0.497 e. The molecule has 0 unspecified atom stereocenters. The maximum Gasteiger partial charge on any atom is 0.336 e. The number of nitrogen functional groups attached to an aromatic ring is 1. The number of carbonyl (C=O) groups is 1. The maximum atomic E-state index is 11.9. The summed E-state index contributed by atoms with van der Waals surface area (Å²) < 4.78 is 4.97. The van der Waals surface area contributed by atoms with Gasteiger partial charge in [0.25, 0.3) is 5.56 Å². The number of hydrogen-bond acceptors (Lipinski definition) is 6. The fraction of sp³-hybridized carbons (Fsp3) is 0.0667. The number of pyridine rings is 1. The minimum atomic E-state index is -1.30. The van der Waals surface area contributed by atoms with Crippen LogP contribution in [0.5, 0.6) is 5.75 Å². The number of benzene rings is 1. The highest BCUT2D eigenvalue weighted by Gasteiger charge is 2.23. The second-order valence-corrected chi connectivity index (χ2v) is 4.43. The van der Waals surface area contributed by atoms with E-state index in [4.69, 9.17) is 10.5 Å². The van der Waals surface area contributed by atoms with Gasteiger partial charge in [-0.15, -0.1) is 0 Å². The number of H-pyrrole nitrogens is 1. The Balaban J connectivity index is 2.99. The number of carboxylic acid groups (broad SMARTS) is 1. The molecule has 2 rings (SSSR count). The van der Waals surface area contributed by atoms with Crippen molar-refractivity contribution in [2.24, 2.45) is 0 Å². The van der Waals surface area contributed by atoms with Gasteiger partial charge in [-0.1, -0.05) is 0 Å². The van der Waals surface area contributed by atoms with Crippen molar-refractivity contribution in [3.05, 3.63) is 45.2 Å². The number of rotatable bonds is 3. The quantitative estimate of drug-likeness (QED) is 0.766. The Labute approximate surface area is 130 Å². The van der Waals surface area contributed by atoms with Gasteiger partial charge >= 0.3 is 5.97 Å². The van der Waals surface area contributed by atoms with Crippen molar-refractivity contribution in [1.82, 2.24) is 4.98 Å². The van der Waals surface area contributed by atoms with Crippen LogP contribution in [0, 0.1) is 22.7 Å². The molecule has 0 saturated heterocycles. The molecule has 0 fully saturated rings. The number of aromatic amines is 1. The van der Waals surface area contributed by atoms with Crippen molar-refractivity contribution < 1.29 is 14.6 Å². The maximum absolute atomic E-state index is 11.9. The molecule has 0 atom stereocenters. The number of nitrogens with two attached hydrogens (primary N) is 1. The second-order valence-electron chi connectivity index (χ2n) is 4.43. The van der Waals surface area contributed by atoms with E-state index in [0.717, 1.165) is 0 Å². The molecule has 0 saturated carbocycles. The molecule has 0 spiro atoms. The van der Waals surface area contributed by atoms with Crippen molar-refractivity contribution >= 4 is 11.8 Å². The number of nitriles is 2. The lowest BCUT2D eigenvalue weighted by Crippen LogP contribution is -2.17. The minimum absolute atomic E-state index is 0.0317. The number of hydrogen-bond donors (Lipinski definition) is 3. The van der Waals surface area contributed by atoms with E-state index in [-0.39, 0.29) is 39.4 Å². The number of carboxylic acids is 1. The molecule has 0 aliphatic carbocycles. The molecular formula is C15H10N4O4. The van der Waals surface area contributed by atoms with Crippen LogP contribution in [0.4, 0.5) is 5.82 Å². The first-order valence-corrected chi connectivity index (χ1v) is 6.22. The standard InChI is InChI=1S/C15H10N4O4/c1-23-7-2-3-8(9(4-7)15(21)22)12-10(5-16)13(18)19-14(20)11(12)6-17/h2-4H,1H3,(H,21,22)(H3,18,19,20). The monoisotopic (exact) mass is 310 g/mol. The number of aromatic nitrogens is 1. The number of methoxy groups -OCH3 is 1. The van der Waals surface area contributed by atoms with Crippen LogP contribution in [0.15, 0.2) is 23.0 Å². The first-order chi connectivity index (χ1) is 10.9. The van der Waals surface area contributed by atoms with E-state index in [0.29, 0.717) is 0 Å². The SMILES string of the molecule is COc1ccc(-c2c(C#N)c(N)[nH]c(=O)c2C#N)c(C(=O)O)c1. The molecule has 2 aromatic rings.